The van der Waals surface area contributed by atoms with E-state index in [1.807, 2.05) is 6.92 Å². The van der Waals surface area contributed by atoms with Gasteiger partial charge < -0.3 is 19.2 Å². The third-order valence-electron chi connectivity index (χ3n) is 3.77. The van der Waals surface area contributed by atoms with Crippen LogP contribution in [-0.4, -0.2) is 37.1 Å². The molecule has 0 saturated heterocycles. The number of methoxy groups -OCH3 is 1. The Morgan fingerprint density at radius 3 is 2.20 bits per heavy atom. The number of carbonyl (C=O) groups is 2. The molecule has 0 aliphatic rings. The van der Waals surface area contributed by atoms with Crippen molar-refractivity contribution < 1.29 is 23.8 Å². The first-order valence-electron chi connectivity index (χ1n) is 8.14. The Balaban J connectivity index is 2.02. The average molecular weight is 345 g/mol. The Kier molecular flexibility index (Phi) is 6.22. The van der Waals surface area contributed by atoms with E-state index in [1.165, 1.54) is 7.11 Å². The molecule has 25 heavy (non-hydrogen) atoms. The van der Waals surface area contributed by atoms with Crippen molar-refractivity contribution in [3.8, 4) is 11.5 Å². The fraction of sp³-hybridized carbons (Fsp3) is 0.368. The van der Waals surface area contributed by atoms with Gasteiger partial charge in [-0.1, -0.05) is 6.92 Å². The molecule has 0 atom stereocenters. The van der Waals surface area contributed by atoms with Gasteiger partial charge in [-0.05, 0) is 50.1 Å². The van der Waals surface area contributed by atoms with E-state index in [-0.39, 0.29) is 12.4 Å². The smallest absolute Gasteiger partial charge is 0.339 e. The molecule has 0 saturated carbocycles. The van der Waals surface area contributed by atoms with Crippen molar-refractivity contribution in [1.82, 2.24) is 4.98 Å². The quantitative estimate of drug-likeness (QED) is 0.585. The van der Waals surface area contributed by atoms with Gasteiger partial charge in [0.2, 0.25) is 5.78 Å². The van der Waals surface area contributed by atoms with Crippen LogP contribution in [0, 0.1) is 13.8 Å². The van der Waals surface area contributed by atoms with Gasteiger partial charge in [0.25, 0.3) is 0 Å². The van der Waals surface area contributed by atoms with Gasteiger partial charge in [0.1, 0.15) is 11.5 Å². The van der Waals surface area contributed by atoms with Gasteiger partial charge in [-0.3, -0.25) is 4.79 Å². The average Bonchev–Trinajstić information content (AvgIpc) is 2.92. The summed E-state index contributed by atoms with van der Waals surface area (Å²) < 4.78 is 15.8. The molecule has 2 aromatic rings. The van der Waals surface area contributed by atoms with Crippen molar-refractivity contribution in [2.75, 3.05) is 20.3 Å². The Bertz CT molecular complexity index is 746. The van der Waals surface area contributed by atoms with E-state index in [9.17, 15) is 9.59 Å². The maximum Gasteiger partial charge on any atom is 0.339 e. The van der Waals surface area contributed by atoms with Crippen LogP contribution >= 0.6 is 0 Å². The maximum atomic E-state index is 12.4. The minimum Gasteiger partial charge on any atom is -0.494 e. The van der Waals surface area contributed by atoms with E-state index in [0.29, 0.717) is 34.9 Å². The second kappa shape index (κ2) is 8.37. The number of aryl methyl sites for hydroxylation is 1. The molecule has 0 spiro atoms. The number of Topliss-reactive ketones (excluding diaryl/α,β-unsaturated/α-hetero) is 1. The zero-order valence-corrected chi connectivity index (χ0v) is 15.0. The number of hydrogen-bond donors (Lipinski definition) is 1. The number of H-pyrrole nitrogens is 1. The van der Waals surface area contributed by atoms with Crippen LogP contribution in [0.3, 0.4) is 0 Å². The number of aromatic nitrogens is 1. The number of ketones is 1. The highest BCUT2D eigenvalue weighted by molar-refractivity contribution is 6.02. The molecule has 1 heterocycles. The molecule has 0 amide bonds. The van der Waals surface area contributed by atoms with E-state index in [4.69, 9.17) is 14.2 Å². The number of rotatable bonds is 8. The van der Waals surface area contributed by atoms with Crippen LogP contribution in [0.4, 0.5) is 0 Å². The normalized spacial score (nSPS) is 10.4. The van der Waals surface area contributed by atoms with Gasteiger partial charge >= 0.3 is 5.97 Å². The van der Waals surface area contributed by atoms with Gasteiger partial charge in [-0.2, -0.15) is 0 Å². The third kappa shape index (κ3) is 4.41. The van der Waals surface area contributed by atoms with Crippen molar-refractivity contribution in [3.63, 3.8) is 0 Å². The lowest BCUT2D eigenvalue weighted by atomic mass is 10.1. The Morgan fingerprint density at radius 2 is 1.64 bits per heavy atom. The van der Waals surface area contributed by atoms with Crippen molar-refractivity contribution in [2.24, 2.45) is 0 Å². The van der Waals surface area contributed by atoms with Crippen molar-refractivity contribution in [1.29, 1.82) is 0 Å². The number of esters is 1. The SMILES string of the molecule is CCCOc1ccc(OCC(=O)c2[nH]c(C)c(C(=O)OC)c2C)cc1. The zero-order valence-electron chi connectivity index (χ0n) is 15.0. The van der Waals surface area contributed by atoms with Gasteiger partial charge in [0.15, 0.2) is 6.61 Å². The van der Waals surface area contributed by atoms with Crippen LogP contribution in [0.15, 0.2) is 24.3 Å². The molecule has 2 rings (SSSR count). The summed E-state index contributed by atoms with van der Waals surface area (Å²) in [5, 5.41) is 0. The molecule has 134 valence electrons. The molecule has 1 aromatic heterocycles. The van der Waals surface area contributed by atoms with Gasteiger partial charge in [0, 0.05) is 5.69 Å². The number of nitrogens with one attached hydrogen (secondary N) is 1. The second-order valence-electron chi connectivity index (χ2n) is 5.65. The summed E-state index contributed by atoms with van der Waals surface area (Å²) >= 11 is 0. The van der Waals surface area contributed by atoms with Crippen LogP contribution in [0.25, 0.3) is 0 Å². The molecule has 1 aromatic carbocycles. The lowest BCUT2D eigenvalue weighted by Crippen LogP contribution is -2.13. The predicted molar refractivity (Wildman–Crippen MR) is 93.7 cm³/mol. The van der Waals surface area contributed by atoms with Crippen LogP contribution in [0.1, 0.15) is 45.4 Å². The second-order valence-corrected chi connectivity index (χ2v) is 5.65. The Labute approximate surface area is 147 Å². The molecule has 6 nitrogen and oxygen atoms in total. The number of ether oxygens (including phenoxy) is 3. The molecule has 0 aliphatic carbocycles. The first kappa shape index (κ1) is 18.6. The fourth-order valence-electron chi connectivity index (χ4n) is 2.51. The number of carbonyl (C=O) groups excluding carboxylic acids is 2. The zero-order chi connectivity index (χ0) is 18.4. The van der Waals surface area contributed by atoms with Crippen molar-refractivity contribution >= 4 is 11.8 Å². The summed E-state index contributed by atoms with van der Waals surface area (Å²) in [7, 11) is 1.31. The monoisotopic (exact) mass is 345 g/mol. The molecular weight excluding hydrogens is 322 g/mol. The standard InChI is InChI=1S/C19H23NO5/c1-5-10-24-14-6-8-15(9-7-14)25-11-16(21)18-12(2)17(13(3)20-18)19(22)23-4/h6-9,20H,5,10-11H2,1-4H3. The first-order valence-corrected chi connectivity index (χ1v) is 8.14. The van der Waals surface area contributed by atoms with E-state index in [2.05, 4.69) is 4.98 Å². The van der Waals surface area contributed by atoms with Gasteiger partial charge in [0.05, 0.1) is 25.0 Å². The molecule has 0 aliphatic heterocycles. The largest absolute Gasteiger partial charge is 0.494 e. The maximum absolute atomic E-state index is 12.4. The number of benzene rings is 1. The third-order valence-corrected chi connectivity index (χ3v) is 3.77. The summed E-state index contributed by atoms with van der Waals surface area (Å²) in [6.45, 7) is 6.01. The summed E-state index contributed by atoms with van der Waals surface area (Å²) in [5.41, 5.74) is 1.93. The highest BCUT2D eigenvalue weighted by Gasteiger charge is 2.22. The minimum absolute atomic E-state index is 0.128. The van der Waals surface area contributed by atoms with Crippen molar-refractivity contribution in [2.45, 2.75) is 27.2 Å². The molecule has 0 bridgehead atoms. The summed E-state index contributed by atoms with van der Waals surface area (Å²) in [5.74, 6) is 0.640. The molecule has 0 fully saturated rings. The van der Waals surface area contributed by atoms with Crippen LogP contribution in [0.2, 0.25) is 0 Å². The molecule has 1 N–H and O–H groups in total. The molecule has 0 unspecified atom stereocenters. The van der Waals surface area contributed by atoms with Gasteiger partial charge in [-0.25, -0.2) is 4.79 Å². The van der Waals surface area contributed by atoms with E-state index in [1.54, 1.807) is 38.1 Å². The van der Waals surface area contributed by atoms with Crippen molar-refractivity contribution in [3.05, 3.63) is 46.8 Å². The van der Waals surface area contributed by atoms with Crippen LogP contribution in [-0.2, 0) is 4.74 Å². The van der Waals surface area contributed by atoms with E-state index in [0.717, 1.165) is 12.2 Å². The summed E-state index contributed by atoms with van der Waals surface area (Å²) in [6, 6.07) is 7.11. The Morgan fingerprint density at radius 1 is 1.04 bits per heavy atom. The fourth-order valence-corrected chi connectivity index (χ4v) is 2.51. The van der Waals surface area contributed by atoms with E-state index >= 15 is 0 Å². The highest BCUT2D eigenvalue weighted by Crippen LogP contribution is 2.21. The molecule has 6 heteroatoms. The molecule has 0 radical (unpaired) electrons. The predicted octanol–water partition coefficient (Wildman–Crippen LogP) is 3.47. The highest BCUT2D eigenvalue weighted by atomic mass is 16.5. The topological polar surface area (TPSA) is 77.6 Å². The minimum atomic E-state index is -0.464. The first-order chi connectivity index (χ1) is 12.0. The summed E-state index contributed by atoms with van der Waals surface area (Å²) in [6.07, 6.45) is 0.940. The van der Waals surface area contributed by atoms with Gasteiger partial charge in [-0.15, -0.1) is 0 Å². The number of hydrogen-bond acceptors (Lipinski definition) is 5. The van der Waals surface area contributed by atoms with E-state index < -0.39 is 5.97 Å². The van der Waals surface area contributed by atoms with Crippen LogP contribution in [0.5, 0.6) is 11.5 Å². The van der Waals surface area contributed by atoms with Crippen LogP contribution < -0.4 is 9.47 Å². The summed E-state index contributed by atoms with van der Waals surface area (Å²) in [4.78, 5) is 27.1. The lowest BCUT2D eigenvalue weighted by molar-refractivity contribution is 0.0599. The lowest BCUT2D eigenvalue weighted by Gasteiger charge is -2.08. The Hall–Kier alpha value is -2.76. The molecular formula is C19H23NO5. The number of aromatic amines is 1.